The summed E-state index contributed by atoms with van der Waals surface area (Å²) in [6.45, 7) is 2.96. The largest absolute Gasteiger partial charge is 0.490 e. The summed E-state index contributed by atoms with van der Waals surface area (Å²) in [6, 6.07) is 4.94. The van der Waals surface area contributed by atoms with Crippen LogP contribution in [-0.2, 0) is 0 Å². The first kappa shape index (κ1) is 14.4. The Hall–Kier alpha value is -1.67. The molecule has 5 heteroatoms. The summed E-state index contributed by atoms with van der Waals surface area (Å²) in [4.78, 5) is 0. The van der Waals surface area contributed by atoms with Gasteiger partial charge in [0.25, 0.3) is 0 Å². The van der Waals surface area contributed by atoms with Gasteiger partial charge in [-0.15, -0.1) is 0 Å². The van der Waals surface area contributed by atoms with E-state index in [-0.39, 0.29) is 18.4 Å². The summed E-state index contributed by atoms with van der Waals surface area (Å²) >= 11 is 0. The molecule has 0 aromatic heterocycles. The number of hydrogen-bond donors (Lipinski definition) is 1. The van der Waals surface area contributed by atoms with Crippen LogP contribution in [0.4, 0.5) is 8.78 Å². The molecular weight excluding hydrogens is 238 g/mol. The van der Waals surface area contributed by atoms with E-state index >= 15 is 0 Å². The monoisotopic (exact) mass is 254 g/mol. The molecule has 1 rings (SSSR count). The lowest BCUT2D eigenvalue weighted by atomic mass is 10.2. The number of nitrogens with one attached hydrogen (secondary N) is 1. The zero-order valence-electron chi connectivity index (χ0n) is 10.2. The highest BCUT2D eigenvalue weighted by Gasteiger charge is 2.08. The van der Waals surface area contributed by atoms with Crippen molar-refractivity contribution in [2.45, 2.75) is 25.8 Å². The van der Waals surface area contributed by atoms with Gasteiger partial charge in [0.1, 0.15) is 5.82 Å². The predicted octanol–water partition coefficient (Wildman–Crippen LogP) is 2.63. The van der Waals surface area contributed by atoms with E-state index in [0.29, 0.717) is 6.42 Å². The molecule has 0 fully saturated rings. The average molecular weight is 254 g/mol. The van der Waals surface area contributed by atoms with Crippen molar-refractivity contribution in [3.63, 3.8) is 0 Å². The summed E-state index contributed by atoms with van der Waals surface area (Å²) in [5.41, 5.74) is 0. The fraction of sp³-hybridized carbons (Fsp3) is 0.462. The van der Waals surface area contributed by atoms with Crippen molar-refractivity contribution in [2.75, 3.05) is 13.2 Å². The number of nitriles is 1. The van der Waals surface area contributed by atoms with E-state index in [4.69, 9.17) is 10.00 Å². The van der Waals surface area contributed by atoms with E-state index in [2.05, 4.69) is 11.4 Å². The zero-order valence-corrected chi connectivity index (χ0v) is 10.2. The molecule has 0 amide bonds. The van der Waals surface area contributed by atoms with Gasteiger partial charge in [0.15, 0.2) is 11.6 Å². The SMILES string of the molecule is CCCNC(C#N)CCOc1ccc(F)cc1F. The second kappa shape index (κ2) is 7.62. The van der Waals surface area contributed by atoms with Gasteiger partial charge in [0, 0.05) is 12.5 Å². The van der Waals surface area contributed by atoms with E-state index in [1.165, 1.54) is 6.07 Å². The third-order valence-corrected chi connectivity index (χ3v) is 2.35. The predicted molar refractivity (Wildman–Crippen MR) is 64.2 cm³/mol. The van der Waals surface area contributed by atoms with E-state index < -0.39 is 11.6 Å². The highest BCUT2D eigenvalue weighted by molar-refractivity contribution is 5.24. The van der Waals surface area contributed by atoms with Crippen LogP contribution in [0.3, 0.4) is 0 Å². The minimum atomic E-state index is -0.731. The van der Waals surface area contributed by atoms with Crippen LogP contribution in [0.15, 0.2) is 18.2 Å². The van der Waals surface area contributed by atoms with Gasteiger partial charge in [-0.25, -0.2) is 8.78 Å². The van der Waals surface area contributed by atoms with Crippen molar-refractivity contribution in [3.8, 4) is 11.8 Å². The maximum absolute atomic E-state index is 13.2. The quantitative estimate of drug-likeness (QED) is 0.813. The molecule has 0 aliphatic carbocycles. The number of rotatable bonds is 7. The van der Waals surface area contributed by atoms with Crippen LogP contribution < -0.4 is 10.1 Å². The first-order valence-corrected chi connectivity index (χ1v) is 5.88. The van der Waals surface area contributed by atoms with Gasteiger partial charge in [-0.1, -0.05) is 6.92 Å². The lowest BCUT2D eigenvalue weighted by molar-refractivity contribution is 0.283. The molecule has 18 heavy (non-hydrogen) atoms. The summed E-state index contributed by atoms with van der Waals surface area (Å²) in [6.07, 6.45) is 1.39. The molecule has 1 aromatic carbocycles. The molecule has 0 radical (unpaired) electrons. The average Bonchev–Trinajstić information content (AvgIpc) is 2.36. The number of nitrogens with zero attached hydrogens (tertiary/aromatic N) is 1. The standard InChI is InChI=1S/C13H16F2N2O/c1-2-6-17-11(9-16)5-7-18-13-4-3-10(14)8-12(13)15/h3-4,8,11,17H,2,5-7H2,1H3. The third kappa shape index (κ3) is 4.68. The van der Waals surface area contributed by atoms with Crippen LogP contribution in [0.5, 0.6) is 5.75 Å². The zero-order chi connectivity index (χ0) is 13.4. The number of halogens is 2. The number of ether oxygens (including phenoxy) is 1. The fourth-order valence-electron chi connectivity index (χ4n) is 1.41. The van der Waals surface area contributed by atoms with Gasteiger partial charge in [-0.3, -0.25) is 0 Å². The second-order valence-corrected chi connectivity index (χ2v) is 3.85. The Balaban J connectivity index is 2.38. The Bertz CT molecular complexity index is 418. The van der Waals surface area contributed by atoms with Crippen LogP contribution in [0.25, 0.3) is 0 Å². The molecule has 0 saturated heterocycles. The van der Waals surface area contributed by atoms with Crippen LogP contribution >= 0.6 is 0 Å². The van der Waals surface area contributed by atoms with Gasteiger partial charge >= 0.3 is 0 Å². The Morgan fingerprint density at radius 2 is 2.22 bits per heavy atom. The number of benzene rings is 1. The first-order valence-electron chi connectivity index (χ1n) is 5.88. The topological polar surface area (TPSA) is 45.0 Å². The highest BCUT2D eigenvalue weighted by Crippen LogP contribution is 2.17. The molecule has 98 valence electrons. The molecule has 1 aromatic rings. The lowest BCUT2D eigenvalue weighted by Gasteiger charge is -2.12. The molecule has 0 saturated carbocycles. The molecule has 0 heterocycles. The molecule has 0 aliphatic heterocycles. The van der Waals surface area contributed by atoms with E-state index in [1.54, 1.807) is 0 Å². The summed E-state index contributed by atoms with van der Waals surface area (Å²) in [7, 11) is 0. The van der Waals surface area contributed by atoms with Crippen LogP contribution in [0, 0.1) is 23.0 Å². The van der Waals surface area contributed by atoms with Gasteiger partial charge < -0.3 is 10.1 Å². The minimum Gasteiger partial charge on any atom is -0.490 e. The third-order valence-electron chi connectivity index (χ3n) is 2.35. The fourth-order valence-corrected chi connectivity index (χ4v) is 1.41. The van der Waals surface area contributed by atoms with Crippen LogP contribution in [0.2, 0.25) is 0 Å². The molecular formula is C13H16F2N2O. The smallest absolute Gasteiger partial charge is 0.167 e. The van der Waals surface area contributed by atoms with Crippen LogP contribution in [-0.4, -0.2) is 19.2 Å². The molecule has 1 N–H and O–H groups in total. The van der Waals surface area contributed by atoms with Crippen molar-refractivity contribution < 1.29 is 13.5 Å². The first-order chi connectivity index (χ1) is 8.67. The molecule has 3 nitrogen and oxygen atoms in total. The van der Waals surface area contributed by atoms with Crippen LogP contribution in [0.1, 0.15) is 19.8 Å². The molecule has 1 unspecified atom stereocenters. The van der Waals surface area contributed by atoms with Gasteiger partial charge in [0.2, 0.25) is 0 Å². The van der Waals surface area contributed by atoms with Crippen molar-refractivity contribution in [2.24, 2.45) is 0 Å². The summed E-state index contributed by atoms with van der Waals surface area (Å²) in [5.74, 6) is -1.37. The maximum atomic E-state index is 13.2. The lowest BCUT2D eigenvalue weighted by Crippen LogP contribution is -2.29. The van der Waals surface area contributed by atoms with Gasteiger partial charge in [-0.05, 0) is 25.1 Å². The van der Waals surface area contributed by atoms with Gasteiger partial charge in [0.05, 0.1) is 18.7 Å². The van der Waals surface area contributed by atoms with Crippen molar-refractivity contribution in [1.29, 1.82) is 5.26 Å². The van der Waals surface area contributed by atoms with E-state index in [0.717, 1.165) is 25.1 Å². The Kier molecular flexibility index (Phi) is 6.09. The molecule has 0 spiro atoms. The molecule has 0 aliphatic rings. The number of hydrogen-bond acceptors (Lipinski definition) is 3. The summed E-state index contributed by atoms with van der Waals surface area (Å²) < 4.78 is 31.0. The normalized spacial score (nSPS) is 11.9. The Morgan fingerprint density at radius 1 is 1.44 bits per heavy atom. The van der Waals surface area contributed by atoms with Crippen molar-refractivity contribution in [3.05, 3.63) is 29.8 Å². The second-order valence-electron chi connectivity index (χ2n) is 3.85. The molecule has 0 bridgehead atoms. The van der Waals surface area contributed by atoms with E-state index in [1.807, 2.05) is 6.92 Å². The van der Waals surface area contributed by atoms with Gasteiger partial charge in [-0.2, -0.15) is 5.26 Å². The molecule has 1 atom stereocenters. The minimum absolute atomic E-state index is 0.00332. The highest BCUT2D eigenvalue weighted by atomic mass is 19.1. The summed E-state index contributed by atoms with van der Waals surface area (Å²) in [5, 5.41) is 11.9. The van der Waals surface area contributed by atoms with E-state index in [9.17, 15) is 8.78 Å². The Morgan fingerprint density at radius 3 is 2.83 bits per heavy atom. The van der Waals surface area contributed by atoms with Crippen molar-refractivity contribution >= 4 is 0 Å². The maximum Gasteiger partial charge on any atom is 0.167 e. The Labute approximate surface area is 105 Å². The van der Waals surface area contributed by atoms with Crippen molar-refractivity contribution in [1.82, 2.24) is 5.32 Å².